The number of para-hydroxylation sites is 2. The predicted octanol–water partition coefficient (Wildman–Crippen LogP) is 2.95. The van der Waals surface area contributed by atoms with Gasteiger partial charge in [-0.05, 0) is 72.9 Å². The first-order valence-corrected chi connectivity index (χ1v) is 36.5. The molecule has 26 nitrogen and oxygen atoms in total. The Morgan fingerprint density at radius 3 is 1.67 bits per heavy atom. The van der Waals surface area contributed by atoms with Crippen molar-refractivity contribution in [3.05, 3.63) is 144 Å². The number of Topliss-reactive ketones (excluding diaryl/α,β-unsaturated/α-hetero) is 3. The first-order chi connectivity index (χ1) is 48.2. The Hall–Kier alpha value is -9.38. The molecule has 2 aromatic heterocycles. The van der Waals surface area contributed by atoms with E-state index in [4.69, 9.17) is 22.6 Å². The number of amidine groups is 1. The Morgan fingerprint density at radius 1 is 0.500 bits per heavy atom. The average molecular weight is 1410 g/mol. The third-order valence-corrected chi connectivity index (χ3v) is 21.6. The van der Waals surface area contributed by atoms with Gasteiger partial charge >= 0.3 is 0 Å². The van der Waals surface area contributed by atoms with E-state index in [1.807, 2.05) is 48.5 Å². The molecule has 7 amide bonds. The van der Waals surface area contributed by atoms with E-state index in [9.17, 15) is 10.2 Å². The minimum Gasteiger partial charge on any atom is -0.391 e. The summed E-state index contributed by atoms with van der Waals surface area (Å²) in [6.45, 7) is -0.662. The Kier molecular flexibility index (Phi) is 25.4. The van der Waals surface area contributed by atoms with E-state index in [1.165, 1.54) is 4.90 Å². The molecule has 16 N–H and O–H groups in total. The minimum atomic E-state index is -1.55. The molecule has 4 fully saturated rings. The van der Waals surface area contributed by atoms with Crippen molar-refractivity contribution in [3.8, 4) is 0 Å². The van der Waals surface area contributed by atoms with Crippen molar-refractivity contribution in [2.75, 3.05) is 31.1 Å². The SMILES string of the molecule is N=C(N)CCCC[C@@H]1NC(=O)[C@@H](Cc2ccccc2)CC(=O)[C@@H]2C[C@@H](O)CN2C(=O)[C@@H]2CSSC[C@H](NC(=O)[C@H](Cc3c[nH]c4ccccc34)NC1=O)C(=O)N1C[C@H](O)C[C@H]1C(=O)N[C@H](Cc1ccccc1)C(=O)N[C@@H](CCCN=C(N)N)C(=O)C[C@@H](Cc1c[nH]c3ccccc13)C(=O)C2. The van der Waals surface area contributed by atoms with E-state index >= 15 is 47.9 Å². The van der Waals surface area contributed by atoms with Gasteiger partial charge < -0.3 is 73.8 Å². The van der Waals surface area contributed by atoms with Crippen LogP contribution in [0.25, 0.3) is 21.8 Å². The Balaban J connectivity index is 1.09. The fraction of sp³-hybridized carbons (Fsp3) is 0.444. The van der Waals surface area contributed by atoms with Gasteiger partial charge in [0.15, 0.2) is 17.5 Å². The van der Waals surface area contributed by atoms with Crippen LogP contribution in [-0.2, 0) is 73.6 Å². The highest BCUT2D eigenvalue weighted by molar-refractivity contribution is 8.76. The van der Waals surface area contributed by atoms with Crippen molar-refractivity contribution >= 4 is 114 Å². The molecule has 530 valence electrons. The van der Waals surface area contributed by atoms with Crippen LogP contribution in [0.2, 0.25) is 0 Å². The van der Waals surface area contributed by atoms with E-state index in [2.05, 4.69) is 41.5 Å². The van der Waals surface area contributed by atoms with Crippen molar-refractivity contribution in [1.29, 1.82) is 5.41 Å². The second kappa shape index (κ2) is 34.6. The molecule has 10 rings (SSSR count). The number of H-pyrrole nitrogens is 2. The van der Waals surface area contributed by atoms with Crippen LogP contribution in [0.5, 0.6) is 0 Å². The molecule has 0 spiro atoms. The Labute approximate surface area is 586 Å². The van der Waals surface area contributed by atoms with Crippen molar-refractivity contribution in [1.82, 2.24) is 46.4 Å². The maximum Gasteiger partial charge on any atom is 0.246 e. The van der Waals surface area contributed by atoms with Gasteiger partial charge in [0.2, 0.25) is 41.4 Å². The number of aliphatic hydroxyl groups excluding tert-OH is 2. The lowest BCUT2D eigenvalue weighted by atomic mass is 9.84. The molecule has 4 aromatic carbocycles. The van der Waals surface area contributed by atoms with Crippen molar-refractivity contribution in [3.63, 3.8) is 0 Å². The van der Waals surface area contributed by atoms with Crippen LogP contribution < -0.4 is 43.8 Å². The highest BCUT2D eigenvalue weighted by Crippen LogP contribution is 2.34. The number of benzene rings is 4. The van der Waals surface area contributed by atoms with Gasteiger partial charge in [-0.3, -0.25) is 58.3 Å². The van der Waals surface area contributed by atoms with Crippen molar-refractivity contribution < 1.29 is 58.2 Å². The molecule has 2 bridgehead atoms. The van der Waals surface area contributed by atoms with E-state index in [0.717, 1.165) is 42.9 Å². The number of nitrogens with zero attached hydrogens (tertiary/aromatic N) is 3. The number of ketones is 3. The zero-order chi connectivity index (χ0) is 71.0. The van der Waals surface area contributed by atoms with Gasteiger partial charge in [0.1, 0.15) is 36.0 Å². The summed E-state index contributed by atoms with van der Waals surface area (Å²) in [5, 5.41) is 46.8. The van der Waals surface area contributed by atoms with Crippen LogP contribution in [0.3, 0.4) is 0 Å². The minimum absolute atomic E-state index is 0.00547. The summed E-state index contributed by atoms with van der Waals surface area (Å²) in [6, 6.07) is 22.5. The first-order valence-electron chi connectivity index (χ1n) is 34.0. The first kappa shape index (κ1) is 73.3. The molecule has 28 heteroatoms. The topological polar surface area (TPSA) is 424 Å². The molecule has 0 unspecified atom stereocenters. The number of rotatable bonds is 17. The second-order valence-corrected chi connectivity index (χ2v) is 29.0. The summed E-state index contributed by atoms with van der Waals surface area (Å²) in [5.74, 6) is -11.5. The maximum atomic E-state index is 15.7. The molecule has 0 aliphatic carbocycles. The van der Waals surface area contributed by atoms with E-state index in [0.29, 0.717) is 34.1 Å². The Bertz CT molecular complexity index is 3980. The molecule has 4 aliphatic heterocycles. The normalized spacial score (nSPS) is 26.0. The summed E-state index contributed by atoms with van der Waals surface area (Å²) in [5.41, 5.74) is 21.2. The molecule has 12 atom stereocenters. The van der Waals surface area contributed by atoms with Crippen LogP contribution in [0.15, 0.2) is 127 Å². The van der Waals surface area contributed by atoms with Crippen LogP contribution in [0.1, 0.15) is 92.9 Å². The number of fused-ring (bicyclic) bond motifs is 9. The van der Waals surface area contributed by atoms with Gasteiger partial charge in [-0.15, -0.1) is 0 Å². The smallest absolute Gasteiger partial charge is 0.246 e. The van der Waals surface area contributed by atoms with Crippen molar-refractivity contribution in [2.45, 2.75) is 151 Å². The number of hydrogen-bond donors (Lipinski definition) is 13. The maximum absolute atomic E-state index is 15.7. The summed E-state index contributed by atoms with van der Waals surface area (Å²) >= 11 is 0. The average Bonchev–Trinajstić information content (AvgIpc) is 1.64. The fourth-order valence-corrected chi connectivity index (χ4v) is 16.3. The Morgan fingerprint density at radius 2 is 1.02 bits per heavy atom. The number of aromatic amines is 2. The fourth-order valence-electron chi connectivity index (χ4n) is 13.9. The summed E-state index contributed by atoms with van der Waals surface area (Å²) in [6.07, 6.45) is -0.336. The molecule has 6 aromatic rings. The number of aliphatic imine (C=N–C) groups is 1. The monoisotopic (exact) mass is 1400 g/mol. The third kappa shape index (κ3) is 19.3. The number of carbonyl (C=O) groups excluding carboxylic acids is 10. The summed E-state index contributed by atoms with van der Waals surface area (Å²) in [7, 11) is 2.12. The highest BCUT2D eigenvalue weighted by Gasteiger charge is 2.46. The molecule has 0 saturated carbocycles. The number of hydrogen-bond acceptors (Lipinski definition) is 16. The summed E-state index contributed by atoms with van der Waals surface area (Å²) in [4.78, 5) is 166. The molecule has 100 heavy (non-hydrogen) atoms. The third-order valence-electron chi connectivity index (χ3n) is 19.1. The highest BCUT2D eigenvalue weighted by atomic mass is 33.1. The quantitative estimate of drug-likeness (QED) is 0.0270. The molecule has 4 saturated heterocycles. The number of nitrogens with two attached hydrogens (primary N) is 3. The van der Waals surface area contributed by atoms with E-state index in [1.54, 1.807) is 73.1 Å². The lowest BCUT2D eigenvalue weighted by Crippen LogP contribution is -2.60. The van der Waals surface area contributed by atoms with Crippen LogP contribution >= 0.6 is 21.6 Å². The lowest BCUT2D eigenvalue weighted by Gasteiger charge is -2.32. The zero-order valence-corrected chi connectivity index (χ0v) is 57.1. The molecular formula is C72H88N14O12S2. The second-order valence-electron chi connectivity index (χ2n) is 26.5. The van der Waals surface area contributed by atoms with E-state index in [-0.39, 0.29) is 107 Å². The molecule has 6 heterocycles. The number of aliphatic hydroxyl groups is 2. The van der Waals surface area contributed by atoms with Gasteiger partial charge in [-0.1, -0.05) is 125 Å². The van der Waals surface area contributed by atoms with Crippen molar-refractivity contribution in [2.24, 2.45) is 39.9 Å². The number of guanidine groups is 1. The van der Waals surface area contributed by atoms with Crippen LogP contribution in [0.4, 0.5) is 0 Å². The number of nitrogens with one attached hydrogen (secondary N) is 8. The lowest BCUT2D eigenvalue weighted by molar-refractivity contribution is -0.143. The molecular weight excluding hydrogens is 1320 g/mol. The number of carbonyl (C=O) groups is 10. The molecule has 0 radical (unpaired) electrons. The van der Waals surface area contributed by atoms with Gasteiger partial charge in [0.05, 0.1) is 36.0 Å². The van der Waals surface area contributed by atoms with Gasteiger partial charge in [-0.2, -0.15) is 0 Å². The standard InChI is InChI=1S/C72H88N14O12S2/c73-64(74)24-12-11-22-55-66(93)82-57(29-46-36-79-53-21-10-8-19-51(46)53)68(95)84-58-40-100-99-39-47(70(97)85-37-48(87)33-59(85)63(91)31-44(65(92)81-55)26-41-14-3-1-4-15-41)32-61(89)43(28-45-35-78-52-20-9-7-18-50(45)52)30-62(90)54(23-13-25-77-72(75)76)80-67(94)56(27-42-16-5-2-6-17-42)83-69(96)60-34-49(88)38-86(60)71(58)98/h1-10,14-21,35-36,43-44,47-49,54-60,78-79,87-88H,11-13,22-34,37-40H2,(H3,73,74)(H,80,94)(H,81,92)(H,82,93)(H,83,96)(H,84,95)(H4,75,76,77)/t43-,44+,47+,48-,49-,54+,55+,56-,57+,58+,59+,60+/m1/s1. The zero-order valence-electron chi connectivity index (χ0n) is 55.5. The molecule has 4 aliphatic rings. The van der Waals surface area contributed by atoms with E-state index < -0.39 is 157 Å². The largest absolute Gasteiger partial charge is 0.391 e. The van der Waals surface area contributed by atoms with Gasteiger partial charge in [0.25, 0.3) is 0 Å². The van der Waals surface area contributed by atoms with Crippen LogP contribution in [-0.4, -0.2) is 186 Å². The number of aromatic nitrogens is 2. The number of amides is 7. The van der Waals surface area contributed by atoms with Crippen LogP contribution in [0, 0.1) is 23.2 Å². The van der Waals surface area contributed by atoms with Gasteiger partial charge in [0, 0.05) is 129 Å². The summed E-state index contributed by atoms with van der Waals surface area (Å²) < 4.78 is 0. The predicted molar refractivity (Wildman–Crippen MR) is 381 cm³/mol. The number of unbranched alkanes of at least 4 members (excludes halogenated alkanes) is 1. The van der Waals surface area contributed by atoms with Gasteiger partial charge in [-0.25, -0.2) is 0 Å².